The molecular weight excluding hydrogens is 376 g/mol. The van der Waals surface area contributed by atoms with Crippen LogP contribution in [0.2, 0.25) is 0 Å². The van der Waals surface area contributed by atoms with Crippen molar-refractivity contribution in [2.24, 2.45) is 0 Å². The summed E-state index contributed by atoms with van der Waals surface area (Å²) < 4.78 is 6.10. The third kappa shape index (κ3) is 3.11. The molecule has 2 atom stereocenters. The first-order chi connectivity index (χ1) is 13.6. The monoisotopic (exact) mass is 394 g/mol. The second kappa shape index (κ2) is 7.40. The van der Waals surface area contributed by atoms with Crippen molar-refractivity contribution in [3.63, 3.8) is 0 Å². The van der Waals surface area contributed by atoms with Crippen molar-refractivity contribution in [2.75, 3.05) is 6.54 Å². The molecule has 142 valence electrons. The van der Waals surface area contributed by atoms with Gasteiger partial charge in [-0.2, -0.15) is 0 Å². The van der Waals surface area contributed by atoms with Crippen LogP contribution < -0.4 is 5.32 Å². The normalized spacial score (nSPS) is 18.9. The molecule has 1 aromatic carbocycles. The molecule has 0 unspecified atom stereocenters. The average molecular weight is 394 g/mol. The molecular formula is C20H18N4O3S. The van der Waals surface area contributed by atoms with Gasteiger partial charge >= 0.3 is 0 Å². The predicted octanol–water partition coefficient (Wildman–Crippen LogP) is 4.24. The predicted molar refractivity (Wildman–Crippen MR) is 109 cm³/mol. The molecule has 28 heavy (non-hydrogen) atoms. The lowest BCUT2D eigenvalue weighted by molar-refractivity contribution is -0.384. The molecule has 1 aliphatic heterocycles. The molecule has 0 spiro atoms. The van der Waals surface area contributed by atoms with Gasteiger partial charge in [-0.15, -0.1) is 0 Å². The van der Waals surface area contributed by atoms with Crippen molar-refractivity contribution in [1.82, 2.24) is 15.2 Å². The Morgan fingerprint density at radius 1 is 1.21 bits per heavy atom. The van der Waals surface area contributed by atoms with Crippen LogP contribution in [0.4, 0.5) is 5.69 Å². The summed E-state index contributed by atoms with van der Waals surface area (Å²) >= 11 is 5.51. The molecule has 1 fully saturated rings. The molecule has 0 saturated carbocycles. The number of nitrogens with zero attached hydrogens (tertiary/aromatic N) is 3. The zero-order chi connectivity index (χ0) is 19.7. The lowest BCUT2D eigenvalue weighted by atomic mass is 10.0. The highest BCUT2D eigenvalue weighted by Crippen LogP contribution is 2.41. The van der Waals surface area contributed by atoms with Crippen LogP contribution in [-0.2, 0) is 0 Å². The lowest BCUT2D eigenvalue weighted by Crippen LogP contribution is -2.29. The van der Waals surface area contributed by atoms with Crippen molar-refractivity contribution < 1.29 is 9.34 Å². The van der Waals surface area contributed by atoms with Gasteiger partial charge in [0.25, 0.3) is 5.69 Å². The smallest absolute Gasteiger partial charge is 0.280 e. The molecule has 2 aromatic heterocycles. The van der Waals surface area contributed by atoms with Crippen LogP contribution in [0.15, 0.2) is 65.2 Å². The molecule has 1 N–H and O–H groups in total. The van der Waals surface area contributed by atoms with E-state index in [4.69, 9.17) is 16.6 Å². The minimum atomic E-state index is -0.404. The Balaban J connectivity index is 1.75. The molecule has 1 saturated heterocycles. The van der Waals surface area contributed by atoms with Crippen LogP contribution in [0.5, 0.6) is 0 Å². The summed E-state index contributed by atoms with van der Waals surface area (Å²) in [6.45, 7) is 2.72. The van der Waals surface area contributed by atoms with Crippen molar-refractivity contribution in [3.8, 4) is 11.3 Å². The first-order valence-corrected chi connectivity index (χ1v) is 9.32. The number of hydrogen-bond acceptors (Lipinski definition) is 5. The van der Waals surface area contributed by atoms with E-state index in [0.717, 1.165) is 5.69 Å². The fourth-order valence-electron chi connectivity index (χ4n) is 3.55. The van der Waals surface area contributed by atoms with Crippen molar-refractivity contribution in [1.29, 1.82) is 0 Å². The van der Waals surface area contributed by atoms with Gasteiger partial charge < -0.3 is 14.6 Å². The SMILES string of the molecule is CCN1C(=S)N[C@H](c2ccccn2)[C@@H]1c1ccc(-c2ccccc2[N+](=O)[O-])o1. The Morgan fingerprint density at radius 2 is 2.00 bits per heavy atom. The zero-order valence-electron chi connectivity index (χ0n) is 15.1. The Labute approximate surface area is 167 Å². The first kappa shape index (κ1) is 18.1. The van der Waals surface area contributed by atoms with Gasteiger partial charge in [-0.05, 0) is 49.5 Å². The number of nitro groups is 1. The number of para-hydroxylation sites is 1. The highest BCUT2D eigenvalue weighted by molar-refractivity contribution is 7.80. The summed E-state index contributed by atoms with van der Waals surface area (Å²) in [5.41, 5.74) is 1.32. The highest BCUT2D eigenvalue weighted by Gasteiger charge is 2.41. The second-order valence-electron chi connectivity index (χ2n) is 6.39. The van der Waals surface area contributed by atoms with E-state index in [9.17, 15) is 10.1 Å². The average Bonchev–Trinajstić information content (AvgIpc) is 3.32. The van der Waals surface area contributed by atoms with Gasteiger partial charge in [0.05, 0.1) is 22.2 Å². The highest BCUT2D eigenvalue weighted by atomic mass is 32.1. The number of rotatable bonds is 5. The quantitative estimate of drug-likeness (QED) is 0.393. The summed E-state index contributed by atoms with van der Waals surface area (Å²) in [4.78, 5) is 17.5. The summed E-state index contributed by atoms with van der Waals surface area (Å²) in [5.74, 6) is 1.13. The van der Waals surface area contributed by atoms with E-state index in [1.165, 1.54) is 6.07 Å². The summed E-state index contributed by atoms with van der Waals surface area (Å²) in [6, 6.07) is 15.5. The molecule has 7 nitrogen and oxygen atoms in total. The van der Waals surface area contributed by atoms with E-state index < -0.39 is 4.92 Å². The minimum Gasteiger partial charge on any atom is -0.459 e. The number of aromatic nitrogens is 1. The fraction of sp³-hybridized carbons (Fsp3) is 0.200. The lowest BCUT2D eigenvalue weighted by Gasteiger charge is -2.24. The van der Waals surface area contributed by atoms with E-state index >= 15 is 0 Å². The van der Waals surface area contributed by atoms with E-state index in [1.54, 1.807) is 30.5 Å². The van der Waals surface area contributed by atoms with E-state index in [-0.39, 0.29) is 17.8 Å². The van der Waals surface area contributed by atoms with Gasteiger partial charge in [0.2, 0.25) is 0 Å². The number of pyridine rings is 1. The Bertz CT molecular complexity index is 1020. The molecule has 0 radical (unpaired) electrons. The molecule has 0 bridgehead atoms. The van der Waals surface area contributed by atoms with Crippen LogP contribution in [0, 0.1) is 10.1 Å². The van der Waals surface area contributed by atoms with Crippen LogP contribution in [0.25, 0.3) is 11.3 Å². The van der Waals surface area contributed by atoms with Gasteiger partial charge in [0.1, 0.15) is 17.6 Å². The number of nitro benzene ring substituents is 1. The number of hydrogen-bond donors (Lipinski definition) is 1. The van der Waals surface area contributed by atoms with Crippen LogP contribution in [0.3, 0.4) is 0 Å². The maximum atomic E-state index is 11.4. The standard InChI is InChI=1S/C20H18N4O3S/c1-2-23-19(18(22-20(23)28)14-8-5-6-12-21-14)17-11-10-16(27-17)13-7-3-4-9-15(13)24(25)26/h3-12,18-19H,2H2,1H3,(H,22,28)/t18-,19+/m1/s1. The van der Waals surface area contributed by atoms with Crippen LogP contribution >= 0.6 is 12.2 Å². The second-order valence-corrected chi connectivity index (χ2v) is 6.78. The maximum Gasteiger partial charge on any atom is 0.280 e. The van der Waals surface area contributed by atoms with Crippen molar-refractivity contribution in [2.45, 2.75) is 19.0 Å². The van der Waals surface area contributed by atoms with Crippen molar-refractivity contribution in [3.05, 3.63) is 82.4 Å². The third-order valence-electron chi connectivity index (χ3n) is 4.82. The minimum absolute atomic E-state index is 0.0112. The largest absolute Gasteiger partial charge is 0.459 e. The van der Waals surface area contributed by atoms with Gasteiger partial charge in [0, 0.05) is 18.8 Å². The van der Waals surface area contributed by atoms with Gasteiger partial charge in [0.15, 0.2) is 5.11 Å². The topological polar surface area (TPSA) is 84.4 Å². The molecule has 8 heteroatoms. The van der Waals surface area contributed by atoms with Gasteiger partial charge in [-0.1, -0.05) is 18.2 Å². The number of likely N-dealkylation sites (N-methyl/N-ethyl adjacent to an activating group) is 1. The van der Waals surface area contributed by atoms with E-state index in [2.05, 4.69) is 10.3 Å². The molecule has 3 aromatic rings. The molecule has 3 heterocycles. The van der Waals surface area contributed by atoms with Gasteiger partial charge in [-0.3, -0.25) is 15.1 Å². The fourth-order valence-corrected chi connectivity index (χ4v) is 3.92. The van der Waals surface area contributed by atoms with Gasteiger partial charge in [-0.25, -0.2) is 0 Å². The van der Waals surface area contributed by atoms with Crippen LogP contribution in [0.1, 0.15) is 30.5 Å². The molecule has 1 aliphatic rings. The summed E-state index contributed by atoms with van der Waals surface area (Å²) in [6.07, 6.45) is 1.74. The Kier molecular flexibility index (Phi) is 4.79. The third-order valence-corrected chi connectivity index (χ3v) is 5.18. The molecule has 0 amide bonds. The maximum absolute atomic E-state index is 11.4. The summed E-state index contributed by atoms with van der Waals surface area (Å²) in [7, 11) is 0. The summed E-state index contributed by atoms with van der Waals surface area (Å²) in [5, 5.41) is 15.3. The van der Waals surface area contributed by atoms with E-state index in [1.807, 2.05) is 36.1 Å². The number of benzene rings is 1. The molecule has 4 rings (SSSR count). The Morgan fingerprint density at radius 3 is 2.71 bits per heavy atom. The number of nitrogens with one attached hydrogen (secondary N) is 1. The first-order valence-electron chi connectivity index (χ1n) is 8.91. The number of furan rings is 1. The van der Waals surface area contributed by atoms with Crippen molar-refractivity contribution >= 4 is 23.0 Å². The number of thiocarbonyl (C=S) groups is 1. The molecule has 0 aliphatic carbocycles. The Hall–Kier alpha value is -3.26. The van der Waals surface area contributed by atoms with Crippen LogP contribution in [-0.4, -0.2) is 26.5 Å². The zero-order valence-corrected chi connectivity index (χ0v) is 15.9. The van der Waals surface area contributed by atoms with E-state index in [0.29, 0.717) is 28.7 Å².